The predicted molar refractivity (Wildman–Crippen MR) is 187 cm³/mol. The minimum Gasteiger partial charge on any atom is -0.507 e. The Hall–Kier alpha value is -5.01. The first kappa shape index (κ1) is 34.8. The number of ether oxygens (including phenoxy) is 2. The Balaban J connectivity index is 0.895. The van der Waals surface area contributed by atoms with Crippen LogP contribution >= 0.6 is 23.2 Å². The van der Waals surface area contributed by atoms with Gasteiger partial charge in [0.25, 0.3) is 5.91 Å². The first-order valence-electron chi connectivity index (χ1n) is 15.7. The van der Waals surface area contributed by atoms with Crippen molar-refractivity contribution in [3.8, 4) is 28.6 Å². The van der Waals surface area contributed by atoms with Crippen LogP contribution in [0.2, 0.25) is 10.0 Å². The first-order valence-corrected chi connectivity index (χ1v) is 16.5. The lowest BCUT2D eigenvalue weighted by atomic mass is 10.1. The Labute approximate surface area is 297 Å². The molecule has 258 valence electrons. The minimum atomic E-state index is -0.306. The number of amides is 1. The van der Waals surface area contributed by atoms with E-state index in [1.165, 1.54) is 24.4 Å². The quantitative estimate of drug-likeness (QED) is 0.106. The number of rotatable bonds is 13. The fraction of sp³-hybridized carbons (Fsp3) is 0.222. The molecule has 1 aromatic heterocycles. The highest BCUT2D eigenvalue weighted by atomic mass is 35.5. The number of aromatic hydroxyl groups is 1. The zero-order valence-electron chi connectivity index (χ0n) is 26.8. The molecule has 11 nitrogen and oxygen atoms in total. The van der Waals surface area contributed by atoms with Gasteiger partial charge in [0, 0.05) is 59.0 Å². The van der Waals surface area contributed by atoms with Crippen molar-refractivity contribution in [2.45, 2.75) is 19.8 Å². The average Bonchev–Trinajstić information content (AvgIpc) is 3.58. The summed E-state index contributed by atoms with van der Waals surface area (Å²) in [5.74, 6) is 1.44. The summed E-state index contributed by atoms with van der Waals surface area (Å²) in [5.41, 5.74) is 5.48. The molecule has 0 unspecified atom stereocenters. The van der Waals surface area contributed by atoms with Gasteiger partial charge >= 0.3 is 0 Å². The molecule has 0 spiro atoms. The number of phenols is 1. The number of phenolic OH excluding ortho intramolecular Hbond substituents is 1. The first-order chi connectivity index (χ1) is 24.3. The molecule has 6 rings (SSSR count). The number of aromatic nitrogens is 2. The van der Waals surface area contributed by atoms with Crippen LogP contribution in [0.1, 0.15) is 22.6 Å². The van der Waals surface area contributed by atoms with Gasteiger partial charge in [-0.25, -0.2) is 9.82 Å². The summed E-state index contributed by atoms with van der Waals surface area (Å²) in [5, 5.41) is 19.6. The number of benzene rings is 4. The Morgan fingerprint density at radius 2 is 1.64 bits per heavy atom. The lowest BCUT2D eigenvalue weighted by molar-refractivity contribution is -0.122. The fourth-order valence-electron chi connectivity index (χ4n) is 5.12. The molecule has 0 aliphatic carbocycles. The molecule has 0 bridgehead atoms. The number of hydrogen-bond donors (Lipinski definition) is 2. The third-order valence-corrected chi connectivity index (χ3v) is 8.48. The topological polar surface area (TPSA) is 126 Å². The van der Waals surface area contributed by atoms with Gasteiger partial charge in [0.2, 0.25) is 11.7 Å². The molecule has 1 saturated heterocycles. The van der Waals surface area contributed by atoms with Gasteiger partial charge in [0.1, 0.15) is 36.3 Å². The molecule has 2 N–H and O–H groups in total. The highest BCUT2D eigenvalue weighted by molar-refractivity contribution is 6.35. The average molecular weight is 720 g/mol. The molecule has 0 atom stereocenters. The molecule has 50 heavy (non-hydrogen) atoms. The summed E-state index contributed by atoms with van der Waals surface area (Å²) in [4.78, 5) is 21.3. The van der Waals surface area contributed by atoms with Crippen LogP contribution in [0.15, 0.2) is 94.6 Å². The summed E-state index contributed by atoms with van der Waals surface area (Å²) >= 11 is 12.1. The molecule has 1 aliphatic heterocycles. The Bertz CT molecular complexity index is 1930. The van der Waals surface area contributed by atoms with Crippen molar-refractivity contribution in [1.82, 2.24) is 25.4 Å². The third kappa shape index (κ3) is 9.79. The largest absolute Gasteiger partial charge is 0.507 e. The van der Waals surface area contributed by atoms with E-state index in [-0.39, 0.29) is 30.6 Å². The molecule has 2 heterocycles. The van der Waals surface area contributed by atoms with E-state index >= 15 is 0 Å². The maximum absolute atomic E-state index is 13.1. The van der Waals surface area contributed by atoms with Crippen LogP contribution in [0, 0.1) is 5.82 Å². The lowest BCUT2D eigenvalue weighted by Crippen LogP contribution is -2.48. The van der Waals surface area contributed by atoms with Crippen molar-refractivity contribution in [3.63, 3.8) is 0 Å². The number of hydrogen-bond acceptors (Lipinski definition) is 10. The van der Waals surface area contributed by atoms with Gasteiger partial charge < -0.3 is 19.1 Å². The van der Waals surface area contributed by atoms with Crippen LogP contribution < -0.4 is 14.9 Å². The summed E-state index contributed by atoms with van der Waals surface area (Å²) < 4.78 is 30.0. The minimum absolute atomic E-state index is 0.0461. The van der Waals surface area contributed by atoms with Crippen molar-refractivity contribution in [2.24, 2.45) is 5.10 Å². The van der Waals surface area contributed by atoms with E-state index in [0.717, 1.165) is 29.8 Å². The van der Waals surface area contributed by atoms with Crippen LogP contribution in [0.5, 0.6) is 17.2 Å². The summed E-state index contributed by atoms with van der Waals surface area (Å²) in [7, 11) is 0. The van der Waals surface area contributed by atoms with E-state index in [2.05, 4.69) is 25.6 Å². The number of carbonyl (C=O) groups is 1. The van der Waals surface area contributed by atoms with E-state index < -0.39 is 0 Å². The fourth-order valence-corrected chi connectivity index (χ4v) is 5.58. The van der Waals surface area contributed by atoms with Crippen LogP contribution in [0.3, 0.4) is 0 Å². The van der Waals surface area contributed by atoms with Gasteiger partial charge in [-0.1, -0.05) is 58.7 Å². The number of nitrogens with one attached hydrogen (secondary N) is 1. The monoisotopic (exact) mass is 718 g/mol. The second-order valence-corrected chi connectivity index (χ2v) is 12.4. The summed E-state index contributed by atoms with van der Waals surface area (Å²) in [6.45, 7) is 4.07. The summed E-state index contributed by atoms with van der Waals surface area (Å²) in [6, 6.07) is 23.5. The van der Waals surface area contributed by atoms with Gasteiger partial charge in [-0.3, -0.25) is 14.6 Å². The number of hydrazone groups is 1. The van der Waals surface area contributed by atoms with Gasteiger partial charge in [-0.05, 0) is 54.1 Å². The smallest absolute Gasteiger partial charge is 0.254 e. The predicted octanol–water partition coefficient (Wildman–Crippen LogP) is 6.31. The molecular formula is C36H33Cl2FN6O5. The van der Waals surface area contributed by atoms with Crippen LogP contribution in [0.4, 0.5) is 4.39 Å². The maximum Gasteiger partial charge on any atom is 0.254 e. The number of piperazine rings is 1. The van der Waals surface area contributed by atoms with E-state index in [1.807, 2.05) is 29.2 Å². The highest BCUT2D eigenvalue weighted by Crippen LogP contribution is 2.26. The van der Waals surface area contributed by atoms with Crippen LogP contribution in [-0.2, 0) is 24.6 Å². The van der Waals surface area contributed by atoms with Crippen molar-refractivity contribution in [3.05, 3.63) is 123 Å². The molecule has 1 aliphatic rings. The van der Waals surface area contributed by atoms with Crippen molar-refractivity contribution in [2.75, 3.05) is 32.7 Å². The maximum atomic E-state index is 13.1. The van der Waals surface area contributed by atoms with Gasteiger partial charge in [0.15, 0.2) is 0 Å². The zero-order valence-corrected chi connectivity index (χ0v) is 28.3. The number of halogens is 3. The lowest BCUT2D eigenvalue weighted by Gasteiger charge is -2.33. The van der Waals surface area contributed by atoms with E-state index in [1.54, 1.807) is 42.5 Å². The molecule has 0 radical (unpaired) electrons. The Kier molecular flexibility index (Phi) is 11.6. The second kappa shape index (κ2) is 16.6. The molecular weight excluding hydrogens is 686 g/mol. The van der Waals surface area contributed by atoms with Crippen LogP contribution in [0.25, 0.3) is 11.4 Å². The molecule has 4 aromatic carbocycles. The standard InChI is InChI=1S/C36H33Cl2FN6O5/c37-28-7-5-27(32(38)17-28)23-49-31-10-6-26(33(46)18-31)19-40-42-34(47)20-44-13-15-45(16-14-44)21-35-41-36(43-50-35)25-3-1-24(2-4-25)22-48-30-11-8-29(39)9-12-30/h1-12,17-19,46H,13-16,20-23H2,(H,42,47). The van der Waals surface area contributed by atoms with Crippen molar-refractivity contribution < 1.29 is 28.3 Å². The normalized spacial score (nSPS) is 13.8. The molecule has 0 saturated carbocycles. The molecule has 1 fully saturated rings. The number of nitrogens with zero attached hydrogens (tertiary/aromatic N) is 5. The zero-order chi connectivity index (χ0) is 34.9. The molecule has 1 amide bonds. The Morgan fingerprint density at radius 3 is 2.38 bits per heavy atom. The number of carbonyl (C=O) groups excluding carboxylic acids is 1. The molecule has 5 aromatic rings. The van der Waals surface area contributed by atoms with Gasteiger partial charge in [-0.15, -0.1) is 0 Å². The van der Waals surface area contributed by atoms with Crippen LogP contribution in [-0.4, -0.2) is 69.9 Å². The third-order valence-electron chi connectivity index (χ3n) is 7.89. The van der Waals surface area contributed by atoms with E-state index in [4.69, 9.17) is 37.2 Å². The highest BCUT2D eigenvalue weighted by Gasteiger charge is 2.21. The Morgan fingerprint density at radius 1 is 0.920 bits per heavy atom. The van der Waals surface area contributed by atoms with Gasteiger partial charge in [-0.2, -0.15) is 10.1 Å². The summed E-state index contributed by atoms with van der Waals surface area (Å²) in [6.07, 6.45) is 1.38. The van der Waals surface area contributed by atoms with Gasteiger partial charge in [0.05, 0.1) is 19.3 Å². The SMILES string of the molecule is O=C(CN1CCN(Cc2nc(-c3ccc(COc4ccc(F)cc4)cc3)no2)CC1)NN=Cc1ccc(OCc2ccc(Cl)cc2Cl)cc1O. The second-order valence-electron chi connectivity index (χ2n) is 11.5. The van der Waals surface area contributed by atoms with E-state index in [9.17, 15) is 14.3 Å². The van der Waals surface area contributed by atoms with Crippen molar-refractivity contribution in [1.29, 1.82) is 0 Å². The van der Waals surface area contributed by atoms with E-state index in [0.29, 0.717) is 65.1 Å². The molecule has 14 heteroatoms. The van der Waals surface area contributed by atoms with Crippen molar-refractivity contribution >= 4 is 35.3 Å².